The minimum absolute atomic E-state index is 0.00947. The first-order valence-corrected chi connectivity index (χ1v) is 12.0. The van der Waals surface area contributed by atoms with E-state index in [1.54, 1.807) is 18.2 Å². The minimum Gasteiger partial charge on any atom is -0.452 e. The second-order valence-electron chi connectivity index (χ2n) is 8.65. The zero-order valence-electron chi connectivity index (χ0n) is 19.0. The van der Waals surface area contributed by atoms with E-state index in [1.807, 2.05) is 24.3 Å². The number of rotatable bonds is 6. The maximum Gasteiger partial charge on any atom is 0.339 e. The summed E-state index contributed by atoms with van der Waals surface area (Å²) in [7, 11) is 0. The van der Waals surface area contributed by atoms with Gasteiger partial charge in [-0.15, -0.1) is 0 Å². The zero-order chi connectivity index (χ0) is 24.4. The lowest BCUT2D eigenvalue weighted by Crippen LogP contribution is -2.34. The molecule has 0 spiro atoms. The number of ether oxygens (including phenoxy) is 2. The zero-order valence-corrected chi connectivity index (χ0v) is 19.7. The monoisotopic (exact) mass is 494 g/mol. The van der Waals surface area contributed by atoms with E-state index in [-0.39, 0.29) is 18.6 Å². The third-order valence-electron chi connectivity index (χ3n) is 6.35. The summed E-state index contributed by atoms with van der Waals surface area (Å²) in [5, 5.41) is 3.71. The number of hydrogen-bond donors (Lipinski definition) is 1. The van der Waals surface area contributed by atoms with Crippen molar-refractivity contribution in [1.29, 1.82) is 0 Å². The number of para-hydroxylation sites is 1. The van der Waals surface area contributed by atoms with Crippen LogP contribution in [-0.2, 0) is 20.7 Å². The van der Waals surface area contributed by atoms with Crippen LogP contribution < -0.4 is 5.32 Å². The summed E-state index contributed by atoms with van der Waals surface area (Å²) in [6.07, 6.45) is 4.71. The predicted molar refractivity (Wildman–Crippen MR) is 132 cm³/mol. The molecule has 8 heteroatoms. The first-order chi connectivity index (χ1) is 17.0. The van der Waals surface area contributed by atoms with Crippen LogP contribution in [0.25, 0.3) is 22.6 Å². The fourth-order valence-corrected chi connectivity index (χ4v) is 4.84. The molecule has 1 N–H and O–H groups in total. The van der Waals surface area contributed by atoms with Crippen molar-refractivity contribution in [3.8, 4) is 0 Å². The molecule has 2 aliphatic rings. The van der Waals surface area contributed by atoms with Crippen molar-refractivity contribution in [3.05, 3.63) is 75.7 Å². The van der Waals surface area contributed by atoms with Crippen molar-refractivity contribution in [2.24, 2.45) is 0 Å². The molecule has 3 aromatic rings. The molecule has 2 heterocycles. The molecule has 6 nitrogen and oxygen atoms in total. The maximum atomic E-state index is 14.4. The quantitative estimate of drug-likeness (QED) is 0.490. The Morgan fingerprint density at radius 1 is 1.20 bits per heavy atom. The van der Waals surface area contributed by atoms with Gasteiger partial charge in [-0.3, -0.25) is 4.79 Å². The van der Waals surface area contributed by atoms with Gasteiger partial charge in [0.25, 0.3) is 5.91 Å². The third-order valence-corrected chi connectivity index (χ3v) is 6.68. The Balaban J connectivity index is 1.42. The molecule has 1 unspecified atom stereocenters. The highest BCUT2D eigenvalue weighted by atomic mass is 35.5. The smallest absolute Gasteiger partial charge is 0.339 e. The highest BCUT2D eigenvalue weighted by Crippen LogP contribution is 2.38. The van der Waals surface area contributed by atoms with Gasteiger partial charge in [-0.1, -0.05) is 35.9 Å². The van der Waals surface area contributed by atoms with Crippen molar-refractivity contribution >= 4 is 46.0 Å². The van der Waals surface area contributed by atoms with Gasteiger partial charge in [-0.25, -0.2) is 14.2 Å². The molecule has 1 saturated heterocycles. The van der Waals surface area contributed by atoms with E-state index in [2.05, 4.69) is 5.32 Å². The number of amides is 1. The lowest BCUT2D eigenvalue weighted by atomic mass is 10.0. The molecule has 0 radical (unpaired) electrons. The van der Waals surface area contributed by atoms with E-state index in [1.165, 1.54) is 6.07 Å². The molecule has 1 amide bonds. The van der Waals surface area contributed by atoms with E-state index in [4.69, 9.17) is 26.1 Å². The molecule has 1 aliphatic carbocycles. The number of hydrogen-bond acceptors (Lipinski definition) is 5. The van der Waals surface area contributed by atoms with Crippen LogP contribution in [0.1, 0.15) is 46.4 Å². The van der Waals surface area contributed by atoms with Crippen LogP contribution in [0.3, 0.4) is 0 Å². The Labute approximate surface area is 207 Å². The number of halogens is 2. The Bertz CT molecular complexity index is 1310. The van der Waals surface area contributed by atoms with Gasteiger partial charge >= 0.3 is 5.97 Å². The number of benzene rings is 2. The first-order valence-electron chi connectivity index (χ1n) is 11.6. The van der Waals surface area contributed by atoms with Gasteiger partial charge in [0.05, 0.1) is 27.9 Å². The van der Waals surface area contributed by atoms with E-state index in [0.29, 0.717) is 58.7 Å². The number of carbonyl (C=O) groups is 2. The number of pyridine rings is 1. The van der Waals surface area contributed by atoms with Gasteiger partial charge in [0.15, 0.2) is 6.61 Å². The van der Waals surface area contributed by atoms with Crippen LogP contribution >= 0.6 is 11.6 Å². The van der Waals surface area contributed by atoms with E-state index in [9.17, 15) is 14.0 Å². The molecule has 0 bridgehead atoms. The summed E-state index contributed by atoms with van der Waals surface area (Å²) < 4.78 is 25.3. The number of fused-ring (bicyclic) bond motifs is 2. The van der Waals surface area contributed by atoms with Crippen LogP contribution in [0.4, 0.5) is 4.39 Å². The van der Waals surface area contributed by atoms with Gasteiger partial charge in [0.1, 0.15) is 5.82 Å². The van der Waals surface area contributed by atoms with E-state index < -0.39 is 11.8 Å². The van der Waals surface area contributed by atoms with Gasteiger partial charge in [0, 0.05) is 24.1 Å². The Morgan fingerprint density at radius 3 is 2.86 bits per heavy atom. The van der Waals surface area contributed by atoms with E-state index in [0.717, 1.165) is 24.0 Å². The highest BCUT2D eigenvalue weighted by molar-refractivity contribution is 6.32. The molecule has 0 saturated carbocycles. The summed E-state index contributed by atoms with van der Waals surface area (Å²) in [5.41, 5.74) is 3.44. The number of allylic oxidation sites excluding steroid dienone is 1. The third kappa shape index (κ3) is 4.92. The Morgan fingerprint density at radius 2 is 2.06 bits per heavy atom. The average molecular weight is 495 g/mol. The summed E-state index contributed by atoms with van der Waals surface area (Å²) in [6, 6.07) is 11.8. The summed E-state index contributed by atoms with van der Waals surface area (Å²) >= 11 is 6.23. The normalized spacial score (nSPS) is 18.1. The molecule has 1 aromatic heterocycles. The maximum absolute atomic E-state index is 14.4. The van der Waals surface area contributed by atoms with Gasteiger partial charge in [-0.05, 0) is 61.1 Å². The van der Waals surface area contributed by atoms with Crippen LogP contribution in [0.15, 0.2) is 42.5 Å². The summed E-state index contributed by atoms with van der Waals surface area (Å²) in [5.74, 6) is -1.39. The molecule has 1 aliphatic heterocycles. The van der Waals surface area contributed by atoms with Gasteiger partial charge < -0.3 is 14.8 Å². The molecule has 5 rings (SSSR count). The second kappa shape index (κ2) is 10.1. The van der Waals surface area contributed by atoms with Gasteiger partial charge in [-0.2, -0.15) is 0 Å². The largest absolute Gasteiger partial charge is 0.452 e. The molecule has 180 valence electrons. The second-order valence-corrected chi connectivity index (χ2v) is 9.06. The van der Waals surface area contributed by atoms with Crippen LogP contribution in [-0.4, -0.2) is 42.7 Å². The van der Waals surface area contributed by atoms with Crippen LogP contribution in [0.2, 0.25) is 5.02 Å². The minimum atomic E-state index is -0.586. The number of carbonyl (C=O) groups excluding carboxylic acids is 2. The average Bonchev–Trinajstić information content (AvgIpc) is 3.52. The van der Waals surface area contributed by atoms with Crippen molar-refractivity contribution < 1.29 is 23.5 Å². The SMILES string of the molecule is O=C(COC(=O)c1c2c(nc3ccccc13)/C(=C\c1c(F)cccc1Cl)CC2)NCC1CCCO1. The molecular formula is C27H24ClFN2O4. The molecule has 2 aromatic carbocycles. The van der Waals surface area contributed by atoms with Crippen LogP contribution in [0, 0.1) is 5.82 Å². The number of aromatic nitrogens is 1. The molecular weight excluding hydrogens is 471 g/mol. The predicted octanol–water partition coefficient (Wildman–Crippen LogP) is 4.97. The first kappa shape index (κ1) is 23.5. The molecule has 35 heavy (non-hydrogen) atoms. The topological polar surface area (TPSA) is 77.5 Å². The van der Waals surface area contributed by atoms with Crippen molar-refractivity contribution in [3.63, 3.8) is 0 Å². The standard InChI is InChI=1S/C27H24ClFN2O4/c28-21-7-3-8-22(29)20(21)13-16-10-11-19-25(18-6-1-2-9-23(18)31-26(16)19)27(33)35-15-24(32)30-14-17-5-4-12-34-17/h1-3,6-9,13,17H,4-5,10-12,14-15H2,(H,30,32)/b16-13-. The number of nitrogens with one attached hydrogen (secondary N) is 1. The van der Waals surface area contributed by atoms with Crippen LogP contribution in [0.5, 0.6) is 0 Å². The Kier molecular flexibility index (Phi) is 6.79. The summed E-state index contributed by atoms with van der Waals surface area (Å²) in [4.78, 5) is 30.2. The highest BCUT2D eigenvalue weighted by Gasteiger charge is 2.28. The number of nitrogens with zero attached hydrogens (tertiary/aromatic N) is 1. The van der Waals surface area contributed by atoms with Crippen molar-refractivity contribution in [2.45, 2.75) is 31.8 Å². The van der Waals surface area contributed by atoms with E-state index >= 15 is 0 Å². The Hall–Kier alpha value is -3.29. The fourth-order valence-electron chi connectivity index (χ4n) is 4.62. The van der Waals surface area contributed by atoms with Crippen molar-refractivity contribution in [2.75, 3.05) is 19.8 Å². The van der Waals surface area contributed by atoms with Gasteiger partial charge in [0.2, 0.25) is 0 Å². The lowest BCUT2D eigenvalue weighted by Gasteiger charge is -2.13. The summed E-state index contributed by atoms with van der Waals surface area (Å²) in [6.45, 7) is 0.719. The fraction of sp³-hybridized carbons (Fsp3) is 0.296. The lowest BCUT2D eigenvalue weighted by molar-refractivity contribution is -0.124. The molecule has 1 fully saturated rings. The molecule has 1 atom stereocenters. The van der Waals surface area contributed by atoms with Crippen molar-refractivity contribution in [1.82, 2.24) is 10.3 Å². The number of esters is 1.